The van der Waals surface area contributed by atoms with Crippen LogP contribution >= 0.6 is 0 Å². The first-order chi connectivity index (χ1) is 10.8. The van der Waals surface area contributed by atoms with E-state index in [2.05, 4.69) is 23.2 Å². The molecule has 1 aromatic heterocycles. The zero-order chi connectivity index (χ0) is 14.7. The molecule has 2 aliphatic carbocycles. The molecule has 3 nitrogen and oxygen atoms in total. The zero-order valence-electron chi connectivity index (χ0n) is 12.2. The number of carbonyl (C=O) groups excluding carboxylic acids is 1. The molecule has 0 amide bonds. The standard InChI is InChI=1S/C19H17NO2/c21-18-14-8-5-7-13-12-6-1-2-9-15(12)19(22-18,17(13)14)16-10-3-4-11-20-16/h1-4,6,9-11,13-14,17H,5,7-8H2/t13-,14-,17+,19-/m1/s1. The van der Waals surface area contributed by atoms with Gasteiger partial charge in [0.2, 0.25) is 0 Å². The fourth-order valence-corrected chi connectivity index (χ4v) is 5.02. The highest BCUT2D eigenvalue weighted by molar-refractivity contribution is 5.79. The third-order valence-corrected chi connectivity index (χ3v) is 5.74. The number of fused-ring (bicyclic) bond motifs is 3. The first-order valence-electron chi connectivity index (χ1n) is 8.06. The molecule has 5 rings (SSSR count). The summed E-state index contributed by atoms with van der Waals surface area (Å²) in [6, 6.07) is 14.4. The number of nitrogens with zero attached hydrogens (tertiary/aromatic N) is 1. The fourth-order valence-electron chi connectivity index (χ4n) is 5.02. The predicted octanol–water partition coefficient (Wildman–Crippen LogP) is 3.40. The molecule has 1 saturated heterocycles. The lowest BCUT2D eigenvalue weighted by molar-refractivity contribution is -0.149. The fraction of sp³-hybridized carbons (Fsp3) is 0.368. The van der Waals surface area contributed by atoms with E-state index >= 15 is 0 Å². The second-order valence-electron chi connectivity index (χ2n) is 6.63. The minimum atomic E-state index is -0.662. The van der Waals surface area contributed by atoms with Crippen molar-refractivity contribution in [3.05, 3.63) is 65.5 Å². The van der Waals surface area contributed by atoms with Gasteiger partial charge in [0.15, 0.2) is 5.60 Å². The Morgan fingerprint density at radius 3 is 2.73 bits per heavy atom. The molecule has 0 N–H and O–H groups in total. The number of rotatable bonds is 1. The highest BCUT2D eigenvalue weighted by Crippen LogP contribution is 2.64. The lowest BCUT2D eigenvalue weighted by Gasteiger charge is -2.33. The molecule has 0 spiro atoms. The van der Waals surface area contributed by atoms with Crippen molar-refractivity contribution < 1.29 is 9.53 Å². The molecule has 1 aromatic carbocycles. The van der Waals surface area contributed by atoms with Crippen molar-refractivity contribution in [2.45, 2.75) is 30.8 Å². The molecule has 0 radical (unpaired) electrons. The van der Waals surface area contributed by atoms with Crippen LogP contribution in [0.25, 0.3) is 0 Å². The van der Waals surface area contributed by atoms with Crippen molar-refractivity contribution >= 4 is 5.97 Å². The topological polar surface area (TPSA) is 39.2 Å². The molecule has 0 bridgehead atoms. The van der Waals surface area contributed by atoms with Crippen molar-refractivity contribution in [2.75, 3.05) is 0 Å². The van der Waals surface area contributed by atoms with Crippen LogP contribution in [0.3, 0.4) is 0 Å². The van der Waals surface area contributed by atoms with Crippen molar-refractivity contribution in [1.82, 2.24) is 4.98 Å². The van der Waals surface area contributed by atoms with E-state index in [-0.39, 0.29) is 17.8 Å². The molecule has 0 unspecified atom stereocenters. The third-order valence-electron chi connectivity index (χ3n) is 5.74. The highest BCUT2D eigenvalue weighted by Gasteiger charge is 2.66. The number of hydrogen-bond acceptors (Lipinski definition) is 3. The molecular formula is C19H17NO2. The van der Waals surface area contributed by atoms with Crippen LogP contribution in [0, 0.1) is 11.8 Å². The minimum absolute atomic E-state index is 0.0214. The van der Waals surface area contributed by atoms with Gasteiger partial charge in [0.25, 0.3) is 0 Å². The maximum atomic E-state index is 12.5. The quantitative estimate of drug-likeness (QED) is 0.756. The smallest absolute Gasteiger partial charge is 0.310 e. The van der Waals surface area contributed by atoms with Crippen molar-refractivity contribution in [3.8, 4) is 0 Å². The van der Waals surface area contributed by atoms with Gasteiger partial charge in [-0.25, -0.2) is 0 Å². The summed E-state index contributed by atoms with van der Waals surface area (Å²) in [7, 11) is 0. The van der Waals surface area contributed by atoms with E-state index in [0.717, 1.165) is 30.5 Å². The summed E-state index contributed by atoms with van der Waals surface area (Å²) in [6.45, 7) is 0. The summed E-state index contributed by atoms with van der Waals surface area (Å²) in [5.41, 5.74) is 2.73. The van der Waals surface area contributed by atoms with E-state index in [9.17, 15) is 4.79 Å². The van der Waals surface area contributed by atoms with Gasteiger partial charge in [0, 0.05) is 17.7 Å². The maximum absolute atomic E-state index is 12.5. The molecular weight excluding hydrogens is 274 g/mol. The van der Waals surface area contributed by atoms with Crippen LogP contribution in [0.5, 0.6) is 0 Å². The number of aromatic nitrogens is 1. The molecule has 2 fully saturated rings. The van der Waals surface area contributed by atoms with Crippen LogP contribution in [-0.4, -0.2) is 11.0 Å². The van der Waals surface area contributed by atoms with Crippen LogP contribution < -0.4 is 0 Å². The van der Waals surface area contributed by atoms with E-state index in [1.807, 2.05) is 24.3 Å². The number of benzene rings is 1. The Balaban J connectivity index is 1.82. The number of pyridine rings is 1. The largest absolute Gasteiger partial charge is 0.447 e. The van der Waals surface area contributed by atoms with Gasteiger partial charge in [0.1, 0.15) is 0 Å². The monoisotopic (exact) mass is 291 g/mol. The van der Waals surface area contributed by atoms with Crippen LogP contribution in [0.1, 0.15) is 42.0 Å². The average Bonchev–Trinajstić information content (AvgIpc) is 3.05. The molecule has 3 heteroatoms. The Morgan fingerprint density at radius 1 is 1.05 bits per heavy atom. The van der Waals surface area contributed by atoms with E-state index in [0.29, 0.717) is 5.92 Å². The Kier molecular flexibility index (Phi) is 2.36. The van der Waals surface area contributed by atoms with Gasteiger partial charge in [0.05, 0.1) is 11.6 Å². The number of carbonyl (C=O) groups is 1. The number of esters is 1. The summed E-state index contributed by atoms with van der Waals surface area (Å²) in [5.74, 6) is 0.618. The van der Waals surface area contributed by atoms with Gasteiger partial charge in [-0.3, -0.25) is 9.78 Å². The SMILES string of the molecule is O=C1O[C@@]2(c3ccccn3)c3ccccc3[C@H]3CCC[C@@H]1[C@H]32. The van der Waals surface area contributed by atoms with Gasteiger partial charge in [-0.1, -0.05) is 36.8 Å². The van der Waals surface area contributed by atoms with Gasteiger partial charge in [-0.15, -0.1) is 0 Å². The third kappa shape index (κ3) is 1.32. The highest BCUT2D eigenvalue weighted by atomic mass is 16.6. The molecule has 1 saturated carbocycles. The summed E-state index contributed by atoms with van der Waals surface area (Å²) < 4.78 is 6.10. The average molecular weight is 291 g/mol. The van der Waals surface area contributed by atoms with E-state index < -0.39 is 5.60 Å². The Labute approximate surface area is 129 Å². The van der Waals surface area contributed by atoms with E-state index in [1.165, 1.54) is 5.56 Å². The number of ether oxygens (including phenoxy) is 1. The van der Waals surface area contributed by atoms with Crippen LogP contribution in [-0.2, 0) is 15.1 Å². The maximum Gasteiger partial charge on any atom is 0.310 e. The lowest BCUT2D eigenvalue weighted by Crippen LogP contribution is -2.35. The summed E-state index contributed by atoms with van der Waals surface area (Å²) in [4.78, 5) is 17.1. The first kappa shape index (κ1) is 12.4. The van der Waals surface area contributed by atoms with Gasteiger partial charge in [-0.05, 0) is 36.5 Å². The molecule has 110 valence electrons. The summed E-state index contributed by atoms with van der Waals surface area (Å²) >= 11 is 0. The van der Waals surface area contributed by atoms with Crippen LogP contribution in [0.2, 0.25) is 0 Å². The zero-order valence-corrected chi connectivity index (χ0v) is 12.2. The molecule has 2 aromatic rings. The second-order valence-corrected chi connectivity index (χ2v) is 6.63. The van der Waals surface area contributed by atoms with Crippen molar-refractivity contribution in [3.63, 3.8) is 0 Å². The molecule has 2 heterocycles. The molecule has 4 atom stereocenters. The van der Waals surface area contributed by atoms with Gasteiger partial charge < -0.3 is 4.74 Å². The first-order valence-corrected chi connectivity index (χ1v) is 8.06. The Bertz CT molecular complexity index is 757. The predicted molar refractivity (Wildman–Crippen MR) is 81.1 cm³/mol. The minimum Gasteiger partial charge on any atom is -0.447 e. The van der Waals surface area contributed by atoms with Crippen LogP contribution in [0.4, 0.5) is 0 Å². The second kappa shape index (κ2) is 4.19. The normalized spacial score (nSPS) is 34.9. The number of hydrogen-bond donors (Lipinski definition) is 0. The molecule has 22 heavy (non-hydrogen) atoms. The Morgan fingerprint density at radius 2 is 1.86 bits per heavy atom. The van der Waals surface area contributed by atoms with Gasteiger partial charge in [-0.2, -0.15) is 0 Å². The van der Waals surface area contributed by atoms with E-state index in [4.69, 9.17) is 4.74 Å². The lowest BCUT2D eigenvalue weighted by atomic mass is 9.68. The molecule has 1 aliphatic heterocycles. The summed E-state index contributed by atoms with van der Waals surface area (Å²) in [5, 5.41) is 0. The van der Waals surface area contributed by atoms with Crippen LogP contribution in [0.15, 0.2) is 48.7 Å². The summed E-state index contributed by atoms with van der Waals surface area (Å²) in [6.07, 6.45) is 4.99. The molecule has 3 aliphatic rings. The van der Waals surface area contributed by atoms with Crippen molar-refractivity contribution in [1.29, 1.82) is 0 Å². The van der Waals surface area contributed by atoms with Gasteiger partial charge >= 0.3 is 5.97 Å². The van der Waals surface area contributed by atoms with Crippen molar-refractivity contribution in [2.24, 2.45) is 11.8 Å². The van der Waals surface area contributed by atoms with E-state index in [1.54, 1.807) is 6.20 Å². The Hall–Kier alpha value is -2.16.